The second-order valence-electron chi connectivity index (χ2n) is 5.88. The molecule has 27 heavy (non-hydrogen) atoms. The molecule has 0 unspecified atom stereocenters. The van der Waals surface area contributed by atoms with Crippen LogP contribution in [0, 0.1) is 0 Å². The van der Waals surface area contributed by atoms with Gasteiger partial charge in [0.25, 0.3) is 5.89 Å². The van der Waals surface area contributed by atoms with Crippen molar-refractivity contribution in [3.8, 4) is 0 Å². The molecular weight excluding hydrogens is 354 g/mol. The fourth-order valence-electron chi connectivity index (χ4n) is 2.13. The number of hydrogen-bond donors (Lipinski definition) is 1. The molecule has 11 heteroatoms. The molecule has 0 aliphatic carbocycles. The van der Waals surface area contributed by atoms with Gasteiger partial charge in [-0.25, -0.2) is 9.48 Å². The lowest BCUT2D eigenvalue weighted by molar-refractivity contribution is -0.116. The number of nitrogens with one attached hydrogen (secondary N) is 1. The molecule has 2 heterocycles. The molecule has 0 saturated carbocycles. The van der Waals surface area contributed by atoms with Crippen molar-refractivity contribution in [2.45, 2.75) is 32.9 Å². The number of hydrogen-bond acceptors (Lipinski definition) is 9. The fraction of sp³-hybridized carbons (Fsp3) is 0.312. The van der Waals surface area contributed by atoms with Crippen LogP contribution >= 0.6 is 0 Å². The first-order chi connectivity index (χ1) is 13.0. The van der Waals surface area contributed by atoms with Crippen molar-refractivity contribution >= 4 is 17.6 Å². The van der Waals surface area contributed by atoms with Gasteiger partial charge in [0, 0.05) is 5.92 Å². The van der Waals surface area contributed by atoms with Crippen LogP contribution in [-0.2, 0) is 22.7 Å². The van der Waals surface area contributed by atoms with Crippen LogP contribution in [0.2, 0.25) is 0 Å². The SMILES string of the molecule is CC(C)c1noc(COC(=O)c2ccccc2NC(=O)Cn2cnnn2)n1. The first kappa shape index (κ1) is 18.2. The van der Waals surface area contributed by atoms with E-state index in [1.807, 2.05) is 13.8 Å². The highest BCUT2D eigenvalue weighted by molar-refractivity contribution is 6.01. The van der Waals surface area contributed by atoms with E-state index in [0.717, 1.165) is 0 Å². The smallest absolute Gasteiger partial charge is 0.340 e. The lowest BCUT2D eigenvalue weighted by Crippen LogP contribution is -2.21. The first-order valence-corrected chi connectivity index (χ1v) is 8.12. The van der Waals surface area contributed by atoms with E-state index in [2.05, 4.69) is 31.0 Å². The molecule has 2 aromatic heterocycles. The summed E-state index contributed by atoms with van der Waals surface area (Å²) < 4.78 is 11.5. The minimum absolute atomic E-state index is 0.0870. The number of aromatic nitrogens is 6. The third-order valence-electron chi connectivity index (χ3n) is 3.45. The average molecular weight is 371 g/mol. The molecule has 0 spiro atoms. The molecule has 11 nitrogen and oxygen atoms in total. The van der Waals surface area contributed by atoms with Gasteiger partial charge in [-0.05, 0) is 22.6 Å². The summed E-state index contributed by atoms with van der Waals surface area (Å²) in [4.78, 5) is 28.6. The lowest BCUT2D eigenvalue weighted by Gasteiger charge is -2.10. The number of para-hydroxylation sites is 1. The van der Waals surface area contributed by atoms with Crippen LogP contribution in [0.4, 0.5) is 5.69 Å². The Morgan fingerprint density at radius 2 is 2.11 bits per heavy atom. The fourth-order valence-corrected chi connectivity index (χ4v) is 2.13. The van der Waals surface area contributed by atoms with Gasteiger partial charge in [0.2, 0.25) is 5.91 Å². The summed E-state index contributed by atoms with van der Waals surface area (Å²) in [6.45, 7) is 3.60. The summed E-state index contributed by atoms with van der Waals surface area (Å²) in [7, 11) is 0. The van der Waals surface area contributed by atoms with Gasteiger partial charge in [-0.15, -0.1) is 5.10 Å². The molecule has 3 rings (SSSR count). The Kier molecular flexibility index (Phi) is 5.50. The highest BCUT2D eigenvalue weighted by atomic mass is 16.6. The van der Waals surface area contributed by atoms with Gasteiger partial charge in [0.15, 0.2) is 12.4 Å². The van der Waals surface area contributed by atoms with Gasteiger partial charge in [0.05, 0.1) is 11.3 Å². The number of carbonyl (C=O) groups excluding carboxylic acids is 2. The van der Waals surface area contributed by atoms with Crippen molar-refractivity contribution in [3.05, 3.63) is 47.9 Å². The number of tetrazole rings is 1. The van der Waals surface area contributed by atoms with E-state index in [9.17, 15) is 9.59 Å². The summed E-state index contributed by atoms with van der Waals surface area (Å²) in [5.41, 5.74) is 0.514. The highest BCUT2D eigenvalue weighted by Gasteiger charge is 2.17. The molecule has 0 fully saturated rings. The predicted octanol–water partition coefficient (Wildman–Crippen LogP) is 1.18. The Morgan fingerprint density at radius 3 is 2.81 bits per heavy atom. The van der Waals surface area contributed by atoms with Crippen molar-refractivity contribution in [2.75, 3.05) is 5.32 Å². The van der Waals surface area contributed by atoms with Crippen LogP contribution < -0.4 is 5.32 Å². The van der Waals surface area contributed by atoms with Gasteiger partial charge < -0.3 is 14.6 Å². The van der Waals surface area contributed by atoms with E-state index in [1.54, 1.807) is 24.3 Å². The number of carbonyl (C=O) groups is 2. The average Bonchev–Trinajstić information content (AvgIpc) is 3.32. The Labute approximate surface area is 153 Å². The Hall–Kier alpha value is -3.63. The Balaban J connectivity index is 1.63. The summed E-state index contributed by atoms with van der Waals surface area (Å²) in [6, 6.07) is 6.49. The van der Waals surface area contributed by atoms with Crippen LogP contribution in [0.15, 0.2) is 35.1 Å². The number of nitrogens with zero attached hydrogens (tertiary/aromatic N) is 6. The molecule has 1 N–H and O–H groups in total. The van der Waals surface area contributed by atoms with Crippen LogP contribution in [0.5, 0.6) is 0 Å². The lowest BCUT2D eigenvalue weighted by atomic mass is 10.2. The van der Waals surface area contributed by atoms with Crippen molar-refractivity contribution in [3.63, 3.8) is 0 Å². The normalized spacial score (nSPS) is 10.8. The zero-order valence-corrected chi connectivity index (χ0v) is 14.7. The molecule has 140 valence electrons. The van der Waals surface area contributed by atoms with Gasteiger partial charge in [0.1, 0.15) is 12.9 Å². The van der Waals surface area contributed by atoms with E-state index in [0.29, 0.717) is 11.5 Å². The van der Waals surface area contributed by atoms with E-state index in [4.69, 9.17) is 9.26 Å². The van der Waals surface area contributed by atoms with E-state index in [1.165, 1.54) is 11.0 Å². The molecule has 3 aromatic rings. The minimum Gasteiger partial charge on any atom is -0.452 e. The van der Waals surface area contributed by atoms with Crippen molar-refractivity contribution < 1.29 is 18.8 Å². The maximum atomic E-state index is 12.4. The molecule has 0 bridgehead atoms. The highest BCUT2D eigenvalue weighted by Crippen LogP contribution is 2.17. The van der Waals surface area contributed by atoms with Crippen LogP contribution in [-0.4, -0.2) is 42.2 Å². The van der Waals surface area contributed by atoms with Crippen molar-refractivity contribution in [2.24, 2.45) is 0 Å². The van der Waals surface area contributed by atoms with E-state index >= 15 is 0 Å². The quantitative estimate of drug-likeness (QED) is 0.606. The number of ether oxygens (including phenoxy) is 1. The van der Waals surface area contributed by atoms with Gasteiger partial charge >= 0.3 is 5.97 Å². The molecule has 0 aliphatic rings. The monoisotopic (exact) mass is 371 g/mol. The first-order valence-electron chi connectivity index (χ1n) is 8.12. The summed E-state index contributed by atoms with van der Waals surface area (Å²) in [6.07, 6.45) is 1.32. The molecule has 0 aliphatic heterocycles. The van der Waals surface area contributed by atoms with Gasteiger partial charge in [-0.2, -0.15) is 4.98 Å². The number of amides is 1. The third kappa shape index (κ3) is 4.71. The topological polar surface area (TPSA) is 138 Å². The largest absolute Gasteiger partial charge is 0.452 e. The predicted molar refractivity (Wildman–Crippen MR) is 90.4 cm³/mol. The number of anilines is 1. The maximum Gasteiger partial charge on any atom is 0.340 e. The molecule has 0 saturated heterocycles. The third-order valence-corrected chi connectivity index (χ3v) is 3.45. The maximum absolute atomic E-state index is 12.4. The zero-order chi connectivity index (χ0) is 19.2. The number of benzene rings is 1. The molecule has 1 amide bonds. The molecule has 0 atom stereocenters. The minimum atomic E-state index is -0.627. The number of rotatable bonds is 7. The van der Waals surface area contributed by atoms with Crippen LogP contribution in [0.25, 0.3) is 0 Å². The summed E-state index contributed by atoms with van der Waals surface area (Å²) in [5, 5.41) is 17.0. The van der Waals surface area contributed by atoms with E-state index in [-0.39, 0.29) is 36.4 Å². The Bertz CT molecular complexity index is 921. The van der Waals surface area contributed by atoms with Crippen LogP contribution in [0.3, 0.4) is 0 Å². The zero-order valence-electron chi connectivity index (χ0n) is 14.7. The van der Waals surface area contributed by atoms with Gasteiger partial charge in [-0.1, -0.05) is 31.1 Å². The molecule has 0 radical (unpaired) electrons. The Morgan fingerprint density at radius 1 is 1.30 bits per heavy atom. The standard InChI is InChI=1S/C16H17N7O4/c1-10(2)15-19-14(27-20-15)8-26-16(25)11-5-3-4-6-12(11)18-13(24)7-23-9-17-21-22-23/h3-6,9-10H,7-8H2,1-2H3,(H,18,24). The van der Waals surface area contributed by atoms with Crippen molar-refractivity contribution in [1.82, 2.24) is 30.3 Å². The second-order valence-corrected chi connectivity index (χ2v) is 5.88. The van der Waals surface area contributed by atoms with Gasteiger partial charge in [-0.3, -0.25) is 4.79 Å². The summed E-state index contributed by atoms with van der Waals surface area (Å²) in [5.74, 6) is -0.170. The van der Waals surface area contributed by atoms with Crippen molar-refractivity contribution in [1.29, 1.82) is 0 Å². The summed E-state index contributed by atoms with van der Waals surface area (Å²) >= 11 is 0. The molecule has 1 aromatic carbocycles. The van der Waals surface area contributed by atoms with Crippen LogP contribution in [0.1, 0.15) is 41.8 Å². The number of esters is 1. The second kappa shape index (κ2) is 8.17. The molecular formula is C16H17N7O4. The van der Waals surface area contributed by atoms with E-state index < -0.39 is 5.97 Å².